The number of non-ortho nitro benzene ring substituents is 1. The normalized spacial score (nSPS) is 28.7. The molecular weight excluding hydrogens is 466 g/mol. The predicted octanol–water partition coefficient (Wildman–Crippen LogP) is 3.09. The molecule has 2 bridgehead atoms. The number of hydrogen-bond donors (Lipinski definition) is 0. The molecule has 0 unspecified atom stereocenters. The molecule has 5 atom stereocenters. The van der Waals surface area contributed by atoms with Crippen LogP contribution in [0.4, 0.5) is 17.1 Å². The van der Waals surface area contributed by atoms with Crippen molar-refractivity contribution in [1.82, 2.24) is 0 Å². The number of amides is 3. The number of esters is 1. The second kappa shape index (κ2) is 8.25. The summed E-state index contributed by atoms with van der Waals surface area (Å²) < 4.78 is 5.48. The van der Waals surface area contributed by atoms with Crippen LogP contribution in [0.1, 0.15) is 25.7 Å². The number of rotatable bonds is 5. The molecule has 2 aromatic rings. The van der Waals surface area contributed by atoms with Crippen LogP contribution >= 0.6 is 0 Å². The molecule has 0 aromatic heterocycles. The fraction of sp³-hybridized carbons (Fsp3) is 0.385. The summed E-state index contributed by atoms with van der Waals surface area (Å²) in [4.78, 5) is 64.2. The lowest BCUT2D eigenvalue weighted by molar-refractivity contribution is -0.384. The Balaban J connectivity index is 1.11. The lowest BCUT2D eigenvalue weighted by Crippen LogP contribution is -2.32. The van der Waals surface area contributed by atoms with Crippen molar-refractivity contribution >= 4 is 40.8 Å². The molecule has 2 aliphatic heterocycles. The van der Waals surface area contributed by atoms with Crippen molar-refractivity contribution in [3.63, 3.8) is 0 Å². The van der Waals surface area contributed by atoms with Gasteiger partial charge in [0.1, 0.15) is 5.75 Å². The lowest BCUT2D eigenvalue weighted by Gasteiger charge is -2.19. The van der Waals surface area contributed by atoms with Crippen LogP contribution in [-0.2, 0) is 19.2 Å². The van der Waals surface area contributed by atoms with Gasteiger partial charge in [0, 0.05) is 30.8 Å². The molecule has 2 aromatic carbocycles. The molecule has 4 fully saturated rings. The third-order valence-electron chi connectivity index (χ3n) is 8.07. The van der Waals surface area contributed by atoms with E-state index in [9.17, 15) is 29.3 Å². The smallest absolute Gasteiger partial charge is 0.316 e. The number of nitrogens with zero attached hydrogens (tertiary/aromatic N) is 3. The van der Waals surface area contributed by atoms with Gasteiger partial charge in [0.2, 0.25) is 17.7 Å². The van der Waals surface area contributed by atoms with Crippen molar-refractivity contribution in [2.75, 3.05) is 16.3 Å². The Bertz CT molecular complexity index is 1260. The summed E-state index contributed by atoms with van der Waals surface area (Å²) >= 11 is 0. The van der Waals surface area contributed by atoms with Gasteiger partial charge in [-0.3, -0.25) is 34.2 Å². The van der Waals surface area contributed by atoms with Crippen LogP contribution in [0.2, 0.25) is 0 Å². The van der Waals surface area contributed by atoms with E-state index >= 15 is 0 Å². The number of nitro groups is 1. The number of ether oxygens (including phenoxy) is 1. The predicted molar refractivity (Wildman–Crippen MR) is 126 cm³/mol. The number of benzene rings is 2. The number of hydrogen-bond acceptors (Lipinski definition) is 7. The molecule has 36 heavy (non-hydrogen) atoms. The van der Waals surface area contributed by atoms with Gasteiger partial charge in [-0.15, -0.1) is 0 Å². The zero-order valence-electron chi connectivity index (χ0n) is 19.2. The highest BCUT2D eigenvalue weighted by atomic mass is 16.6. The standard InChI is InChI=1S/C26H23N3O7/c30-21-12-16(13-27(21)17-3-5-19(6-4-17)29(34)35)26(33)36-20-9-7-18(8-10-20)28-24(31)22-14-1-2-15(11-14)23(22)25(28)32/h3-10,14-16,22-23H,1-2,11-13H2/t14-,15-,16-,22-,23+/m0/s1. The Morgan fingerprint density at radius 1 is 0.889 bits per heavy atom. The summed E-state index contributed by atoms with van der Waals surface area (Å²) in [6, 6.07) is 11.9. The molecular formula is C26H23N3O7. The average molecular weight is 489 g/mol. The Kier molecular flexibility index (Phi) is 5.13. The minimum absolute atomic E-state index is 0.0319. The minimum Gasteiger partial charge on any atom is -0.426 e. The minimum atomic E-state index is -0.691. The molecule has 0 spiro atoms. The summed E-state index contributed by atoms with van der Waals surface area (Å²) in [7, 11) is 0. The maximum Gasteiger partial charge on any atom is 0.316 e. The summed E-state index contributed by atoms with van der Waals surface area (Å²) in [5.41, 5.74) is 0.861. The number of nitro benzene ring substituents is 1. The number of imide groups is 1. The Labute approximate surface area is 206 Å². The number of anilines is 2. The fourth-order valence-corrected chi connectivity index (χ4v) is 6.40. The molecule has 4 aliphatic rings. The van der Waals surface area contributed by atoms with Crippen molar-refractivity contribution in [2.45, 2.75) is 25.7 Å². The van der Waals surface area contributed by atoms with E-state index in [-0.39, 0.29) is 54.0 Å². The fourth-order valence-electron chi connectivity index (χ4n) is 6.40. The topological polar surface area (TPSA) is 127 Å². The first kappa shape index (κ1) is 22.4. The Morgan fingerprint density at radius 3 is 2.06 bits per heavy atom. The average Bonchev–Trinajstić information content (AvgIpc) is 3.63. The van der Waals surface area contributed by atoms with E-state index in [0.29, 0.717) is 23.2 Å². The van der Waals surface area contributed by atoms with Gasteiger partial charge in [-0.25, -0.2) is 0 Å². The van der Waals surface area contributed by atoms with Crippen LogP contribution in [-0.4, -0.2) is 35.2 Å². The molecule has 10 nitrogen and oxygen atoms in total. The molecule has 3 amide bonds. The van der Waals surface area contributed by atoms with E-state index in [1.165, 1.54) is 34.1 Å². The summed E-state index contributed by atoms with van der Waals surface area (Å²) in [5, 5.41) is 10.8. The van der Waals surface area contributed by atoms with Crippen LogP contribution in [0.5, 0.6) is 5.75 Å². The molecule has 0 N–H and O–H groups in total. The number of carbonyl (C=O) groups excluding carboxylic acids is 4. The van der Waals surface area contributed by atoms with Gasteiger partial charge in [0.25, 0.3) is 5.69 Å². The van der Waals surface area contributed by atoms with Gasteiger partial charge in [-0.05, 0) is 67.5 Å². The van der Waals surface area contributed by atoms with Crippen molar-refractivity contribution in [2.24, 2.45) is 29.6 Å². The number of carbonyl (C=O) groups is 4. The molecule has 2 saturated carbocycles. The third kappa shape index (κ3) is 3.47. The second-order valence-corrected chi connectivity index (χ2v) is 9.99. The van der Waals surface area contributed by atoms with Crippen molar-refractivity contribution in [1.29, 1.82) is 0 Å². The molecule has 10 heteroatoms. The molecule has 2 heterocycles. The van der Waals surface area contributed by atoms with E-state index in [1.54, 1.807) is 24.3 Å². The zero-order valence-corrected chi connectivity index (χ0v) is 19.2. The number of fused-ring (bicyclic) bond motifs is 5. The molecule has 0 radical (unpaired) electrons. The third-order valence-corrected chi connectivity index (χ3v) is 8.07. The van der Waals surface area contributed by atoms with Crippen LogP contribution in [0.15, 0.2) is 48.5 Å². The lowest BCUT2D eigenvalue weighted by atomic mass is 9.81. The van der Waals surface area contributed by atoms with Gasteiger partial charge < -0.3 is 9.64 Å². The molecule has 184 valence electrons. The molecule has 6 rings (SSSR count). The van der Waals surface area contributed by atoms with E-state index in [1.807, 2.05) is 0 Å². The van der Waals surface area contributed by atoms with Crippen LogP contribution in [0, 0.1) is 39.7 Å². The Morgan fingerprint density at radius 2 is 1.47 bits per heavy atom. The maximum absolute atomic E-state index is 13.0. The second-order valence-electron chi connectivity index (χ2n) is 9.99. The molecule has 2 saturated heterocycles. The van der Waals surface area contributed by atoms with Gasteiger partial charge >= 0.3 is 5.97 Å². The van der Waals surface area contributed by atoms with Crippen molar-refractivity contribution in [3.05, 3.63) is 58.6 Å². The SMILES string of the molecule is O=C(Oc1ccc(N2C(=O)[C@@H]3[C@H]4CC[C@@H](C4)[C@@H]3C2=O)cc1)[C@H]1CC(=O)N(c2ccc([N+](=O)[O-])cc2)C1. The van der Waals surface area contributed by atoms with Crippen LogP contribution < -0.4 is 14.5 Å². The van der Waals surface area contributed by atoms with Gasteiger partial charge in [-0.2, -0.15) is 0 Å². The van der Waals surface area contributed by atoms with Crippen molar-refractivity contribution < 1.29 is 28.8 Å². The largest absolute Gasteiger partial charge is 0.426 e. The summed E-state index contributed by atoms with van der Waals surface area (Å²) in [6.07, 6.45) is 2.97. The van der Waals surface area contributed by atoms with E-state index in [4.69, 9.17) is 4.74 Å². The van der Waals surface area contributed by atoms with Crippen LogP contribution in [0.25, 0.3) is 0 Å². The highest BCUT2D eigenvalue weighted by Crippen LogP contribution is 2.56. The highest BCUT2D eigenvalue weighted by molar-refractivity contribution is 6.22. The zero-order chi connectivity index (χ0) is 25.1. The van der Waals surface area contributed by atoms with E-state index < -0.39 is 16.8 Å². The monoisotopic (exact) mass is 489 g/mol. The van der Waals surface area contributed by atoms with E-state index in [0.717, 1.165) is 19.3 Å². The molecule has 2 aliphatic carbocycles. The van der Waals surface area contributed by atoms with Gasteiger partial charge in [0.15, 0.2) is 0 Å². The highest BCUT2D eigenvalue weighted by Gasteiger charge is 2.61. The summed E-state index contributed by atoms with van der Waals surface area (Å²) in [5.74, 6) is -1.32. The first-order valence-corrected chi connectivity index (χ1v) is 12.1. The first-order chi connectivity index (χ1) is 17.3. The first-order valence-electron chi connectivity index (χ1n) is 12.1. The Hall–Kier alpha value is -4.08. The van der Waals surface area contributed by atoms with Crippen LogP contribution in [0.3, 0.4) is 0 Å². The van der Waals surface area contributed by atoms with Gasteiger partial charge in [0.05, 0.1) is 28.4 Å². The van der Waals surface area contributed by atoms with E-state index in [2.05, 4.69) is 0 Å². The maximum atomic E-state index is 13.0. The van der Waals surface area contributed by atoms with Gasteiger partial charge in [-0.1, -0.05) is 0 Å². The van der Waals surface area contributed by atoms with Crippen molar-refractivity contribution in [3.8, 4) is 5.75 Å². The summed E-state index contributed by atoms with van der Waals surface area (Å²) in [6.45, 7) is 0.107. The quantitative estimate of drug-likeness (QED) is 0.208.